The Hall–Kier alpha value is -1.50. The monoisotopic (exact) mass is 470 g/mol. The first-order valence-corrected chi connectivity index (χ1v) is 13.0. The summed E-state index contributed by atoms with van der Waals surface area (Å²) in [7, 11) is 0. The zero-order valence-electron chi connectivity index (χ0n) is 21.1. The first-order chi connectivity index (χ1) is 15.8. The van der Waals surface area contributed by atoms with E-state index in [1.807, 2.05) is 13.8 Å². The van der Waals surface area contributed by atoms with E-state index in [4.69, 9.17) is 9.47 Å². The number of aliphatic hydroxyl groups excluding tert-OH is 1. The van der Waals surface area contributed by atoms with Crippen molar-refractivity contribution in [2.45, 2.75) is 115 Å². The number of Topliss-reactive ketones (excluding diaryl/α,β-unsaturated/α-hetero) is 1. The van der Waals surface area contributed by atoms with Crippen molar-refractivity contribution in [3.8, 4) is 0 Å². The molecule has 0 aromatic heterocycles. The minimum atomic E-state index is -1.11. The highest BCUT2D eigenvalue weighted by Gasteiger charge is 2.84. The van der Waals surface area contributed by atoms with E-state index in [9.17, 15) is 19.8 Å². The summed E-state index contributed by atoms with van der Waals surface area (Å²) in [6, 6.07) is 0. The molecule has 0 aromatic carbocycles. The molecule has 2 bridgehead atoms. The molecule has 6 heteroatoms. The van der Waals surface area contributed by atoms with Crippen LogP contribution in [0.3, 0.4) is 0 Å². The Balaban J connectivity index is 1.44. The Kier molecular flexibility index (Phi) is 4.47. The minimum absolute atomic E-state index is 0.104. The molecular formula is C28H38O6. The summed E-state index contributed by atoms with van der Waals surface area (Å²) < 4.78 is 13.0. The van der Waals surface area contributed by atoms with Gasteiger partial charge < -0.3 is 19.7 Å². The second kappa shape index (κ2) is 6.63. The number of allylic oxidation sites excluding steroid dienone is 1. The lowest BCUT2D eigenvalue weighted by Crippen LogP contribution is -2.63. The molecule has 9 atom stereocenters. The first kappa shape index (κ1) is 22.9. The van der Waals surface area contributed by atoms with Crippen molar-refractivity contribution in [1.29, 1.82) is 0 Å². The highest BCUT2D eigenvalue weighted by molar-refractivity contribution is 5.90. The Morgan fingerprint density at radius 3 is 2.44 bits per heavy atom. The van der Waals surface area contributed by atoms with Crippen molar-refractivity contribution in [1.82, 2.24) is 0 Å². The Morgan fingerprint density at radius 2 is 1.74 bits per heavy atom. The predicted octanol–water partition coefficient (Wildman–Crippen LogP) is 3.78. The molecule has 2 aliphatic heterocycles. The molecule has 6 nitrogen and oxygen atoms in total. The van der Waals surface area contributed by atoms with E-state index in [0.717, 1.165) is 36.8 Å². The average molecular weight is 471 g/mol. The number of ether oxygens (including phenoxy) is 2. The number of esters is 1. The van der Waals surface area contributed by atoms with Crippen LogP contribution < -0.4 is 0 Å². The fraction of sp³-hybridized carbons (Fsp3) is 0.786. The number of ketones is 1. The fourth-order valence-electron chi connectivity index (χ4n) is 9.45. The van der Waals surface area contributed by atoms with Crippen LogP contribution in [0.4, 0.5) is 0 Å². The maximum Gasteiger partial charge on any atom is 0.334 e. The largest absolute Gasteiger partial charge is 0.455 e. The lowest BCUT2D eigenvalue weighted by molar-refractivity contribution is -0.248. The number of aliphatic hydroxyl groups is 2. The van der Waals surface area contributed by atoms with Gasteiger partial charge in [-0.15, -0.1) is 0 Å². The molecule has 0 amide bonds. The maximum atomic E-state index is 13.4. The third-order valence-electron chi connectivity index (χ3n) is 11.7. The van der Waals surface area contributed by atoms with Gasteiger partial charge in [0, 0.05) is 23.8 Å². The van der Waals surface area contributed by atoms with Gasteiger partial charge in [-0.2, -0.15) is 0 Å². The van der Waals surface area contributed by atoms with Crippen LogP contribution in [0.5, 0.6) is 0 Å². The van der Waals surface area contributed by atoms with Crippen molar-refractivity contribution in [3.05, 3.63) is 22.8 Å². The number of cyclic esters (lactones) is 1. The number of carbonyl (C=O) groups excluding carboxylic acids is 2. The van der Waals surface area contributed by atoms with Crippen molar-refractivity contribution in [2.75, 3.05) is 0 Å². The lowest BCUT2D eigenvalue weighted by Gasteiger charge is -2.59. The molecule has 2 heterocycles. The zero-order valence-corrected chi connectivity index (χ0v) is 21.1. The summed E-state index contributed by atoms with van der Waals surface area (Å²) in [4.78, 5) is 26.0. The normalized spacial score (nSPS) is 54.3. The maximum absolute atomic E-state index is 13.4. The van der Waals surface area contributed by atoms with Gasteiger partial charge in [0.1, 0.15) is 23.1 Å². The van der Waals surface area contributed by atoms with Gasteiger partial charge in [0.15, 0.2) is 0 Å². The molecule has 4 aliphatic carbocycles. The Bertz CT molecular complexity index is 1060. The highest BCUT2D eigenvalue weighted by Crippen LogP contribution is 2.77. The second-order valence-electron chi connectivity index (χ2n) is 12.7. The van der Waals surface area contributed by atoms with Crippen LogP contribution in [-0.2, 0) is 19.1 Å². The van der Waals surface area contributed by atoms with Crippen LogP contribution in [0.1, 0.15) is 86.0 Å². The average Bonchev–Trinajstić information content (AvgIpc) is 3.10. The smallest absolute Gasteiger partial charge is 0.334 e. The third-order valence-corrected chi connectivity index (χ3v) is 11.7. The SMILES string of the molecule is CC1=C(C)C(=O)O[C@H]([C@@]2(C)O[C@@]34CC[C@]2(O)[C@@]3(C)CC[C@H]2[C@H]4CC=C3C[C@H](O)CC(=O)[C@@]32C)C1. The van der Waals surface area contributed by atoms with Crippen LogP contribution in [0.2, 0.25) is 0 Å². The number of fused-ring (bicyclic) bond motifs is 3. The first-order valence-electron chi connectivity index (χ1n) is 13.0. The highest BCUT2D eigenvalue weighted by atomic mass is 16.6. The van der Waals surface area contributed by atoms with Crippen molar-refractivity contribution >= 4 is 11.8 Å². The summed E-state index contributed by atoms with van der Waals surface area (Å²) in [5.41, 5.74) is -1.03. The summed E-state index contributed by atoms with van der Waals surface area (Å²) in [6.45, 7) is 9.96. The fourth-order valence-corrected chi connectivity index (χ4v) is 9.45. The quantitative estimate of drug-likeness (QED) is 0.448. The number of carbonyl (C=O) groups is 2. The third kappa shape index (κ3) is 2.30. The van der Waals surface area contributed by atoms with Gasteiger partial charge in [0.2, 0.25) is 0 Å². The Labute approximate surface area is 201 Å². The molecule has 1 saturated heterocycles. The molecule has 0 radical (unpaired) electrons. The van der Waals surface area contributed by atoms with Crippen LogP contribution >= 0.6 is 0 Å². The van der Waals surface area contributed by atoms with E-state index >= 15 is 0 Å². The van der Waals surface area contributed by atoms with E-state index in [-0.39, 0.29) is 30.0 Å². The van der Waals surface area contributed by atoms with E-state index in [0.29, 0.717) is 24.8 Å². The van der Waals surface area contributed by atoms with Crippen molar-refractivity contribution < 1.29 is 29.3 Å². The van der Waals surface area contributed by atoms with Crippen LogP contribution in [0.15, 0.2) is 22.8 Å². The van der Waals surface area contributed by atoms with Crippen molar-refractivity contribution in [2.24, 2.45) is 22.7 Å². The predicted molar refractivity (Wildman–Crippen MR) is 125 cm³/mol. The van der Waals surface area contributed by atoms with Gasteiger partial charge >= 0.3 is 5.97 Å². The molecule has 0 unspecified atom stereocenters. The summed E-state index contributed by atoms with van der Waals surface area (Å²) in [5.74, 6) is 0.0481. The summed E-state index contributed by atoms with van der Waals surface area (Å²) in [6.07, 6.45) is 6.19. The molecule has 2 N–H and O–H groups in total. The molecule has 6 rings (SSSR count). The second-order valence-corrected chi connectivity index (χ2v) is 12.7. The van der Waals surface area contributed by atoms with Crippen LogP contribution in [0, 0.1) is 22.7 Å². The van der Waals surface area contributed by atoms with Gasteiger partial charge in [-0.05, 0) is 78.1 Å². The van der Waals surface area contributed by atoms with Crippen molar-refractivity contribution in [3.63, 3.8) is 0 Å². The molecule has 0 spiro atoms. The van der Waals surface area contributed by atoms with Crippen LogP contribution in [0.25, 0.3) is 0 Å². The number of hydrogen-bond donors (Lipinski definition) is 2. The lowest BCUT2D eigenvalue weighted by atomic mass is 9.45. The van der Waals surface area contributed by atoms with Gasteiger partial charge in [-0.3, -0.25) is 4.79 Å². The minimum Gasteiger partial charge on any atom is -0.455 e. The molecule has 3 saturated carbocycles. The molecular weight excluding hydrogens is 432 g/mol. The van der Waals surface area contributed by atoms with Crippen LogP contribution in [-0.4, -0.2) is 51.0 Å². The number of hydrogen-bond acceptors (Lipinski definition) is 6. The number of rotatable bonds is 1. The van der Waals surface area contributed by atoms with Gasteiger partial charge in [-0.25, -0.2) is 4.79 Å². The van der Waals surface area contributed by atoms with Gasteiger partial charge in [0.05, 0.1) is 17.1 Å². The standard InChI is InChI=1S/C28H38O6/c1-15-12-22(33-23(31)16(15)2)26(5)28(32)11-10-27(34-26)20-7-6-17-13-18(29)14-21(30)25(17,4)19(20)8-9-24(27,28)3/h6,18-20,22,29,32H,7-14H2,1-5H3/t18-,19-,20+,22-,24-,25-,26+,27+,28-/m0/s1. The molecule has 6 aliphatic rings. The molecule has 4 fully saturated rings. The summed E-state index contributed by atoms with van der Waals surface area (Å²) in [5, 5.41) is 22.7. The Morgan fingerprint density at radius 1 is 1.00 bits per heavy atom. The van der Waals surface area contributed by atoms with E-state index in [2.05, 4.69) is 19.9 Å². The topological polar surface area (TPSA) is 93.1 Å². The molecule has 34 heavy (non-hydrogen) atoms. The van der Waals surface area contributed by atoms with E-state index in [1.165, 1.54) is 0 Å². The zero-order chi connectivity index (χ0) is 24.5. The van der Waals surface area contributed by atoms with Gasteiger partial charge in [0.25, 0.3) is 0 Å². The summed E-state index contributed by atoms with van der Waals surface area (Å²) >= 11 is 0. The van der Waals surface area contributed by atoms with Gasteiger partial charge in [-0.1, -0.05) is 24.1 Å². The molecule has 186 valence electrons. The van der Waals surface area contributed by atoms with E-state index in [1.54, 1.807) is 6.92 Å². The van der Waals surface area contributed by atoms with E-state index < -0.39 is 39.8 Å². The molecule has 0 aromatic rings.